The molecule has 3 aromatic carbocycles. The molecule has 0 bridgehead atoms. The molecule has 2 N–H and O–H groups in total. The number of hydrogen-bond donors (Lipinski definition) is 2. The van der Waals surface area contributed by atoms with Crippen LogP contribution < -0.4 is 5.32 Å². The number of nitrogens with zero attached hydrogens (tertiary/aromatic N) is 1. The SMILES string of the molecule is Cc1cc(F)ccc1-c1cc(C2=CCC(CCO)CC2)ncc1NCC(=O)C(C)(COCc1ccccc1)c1cc(C(F)(F)F)cc(C(F)(F)F)c1. The van der Waals surface area contributed by atoms with Crippen LogP contribution in [-0.4, -0.2) is 35.6 Å². The number of carbonyl (C=O) groups is 1. The molecule has 1 aliphatic carbocycles. The zero-order valence-electron chi connectivity index (χ0n) is 28.7. The Balaban J connectivity index is 1.51. The van der Waals surface area contributed by atoms with Crippen molar-refractivity contribution >= 4 is 17.0 Å². The second-order valence-electron chi connectivity index (χ2n) is 13.3. The van der Waals surface area contributed by atoms with Gasteiger partial charge in [0.05, 0.1) is 53.9 Å². The van der Waals surface area contributed by atoms with Crippen molar-refractivity contribution in [3.63, 3.8) is 0 Å². The van der Waals surface area contributed by atoms with Gasteiger partial charge in [-0.25, -0.2) is 4.39 Å². The van der Waals surface area contributed by atoms with Gasteiger partial charge in [0, 0.05) is 12.2 Å². The number of aryl methyl sites for hydroxylation is 1. The monoisotopic (exact) mass is 728 g/mol. The van der Waals surface area contributed by atoms with Crippen LogP contribution in [0.4, 0.5) is 36.4 Å². The number of aliphatic hydroxyl groups is 1. The fourth-order valence-corrected chi connectivity index (χ4v) is 6.41. The molecule has 0 saturated carbocycles. The van der Waals surface area contributed by atoms with Gasteiger partial charge in [-0.3, -0.25) is 9.78 Å². The summed E-state index contributed by atoms with van der Waals surface area (Å²) >= 11 is 0. The van der Waals surface area contributed by atoms with E-state index in [9.17, 15) is 40.6 Å². The number of allylic oxidation sites excluding steroid dienone is 2. The van der Waals surface area contributed by atoms with Crippen LogP contribution in [0.2, 0.25) is 0 Å². The first-order chi connectivity index (χ1) is 24.6. The molecule has 0 radical (unpaired) electrons. The summed E-state index contributed by atoms with van der Waals surface area (Å²) in [6.45, 7) is 2.02. The molecule has 1 aliphatic rings. The first-order valence-electron chi connectivity index (χ1n) is 16.8. The van der Waals surface area contributed by atoms with Gasteiger partial charge in [0.1, 0.15) is 5.82 Å². The molecule has 1 aromatic heterocycles. The van der Waals surface area contributed by atoms with Gasteiger partial charge in [0.25, 0.3) is 0 Å². The van der Waals surface area contributed by atoms with Crippen LogP contribution in [0, 0.1) is 18.7 Å². The normalized spacial score (nSPS) is 16.3. The fourth-order valence-electron chi connectivity index (χ4n) is 6.41. The Hall–Kier alpha value is -4.55. The Kier molecular flexibility index (Phi) is 11.9. The van der Waals surface area contributed by atoms with Crippen molar-refractivity contribution in [1.82, 2.24) is 4.98 Å². The average molecular weight is 729 g/mol. The smallest absolute Gasteiger partial charge is 0.396 e. The fraction of sp³-hybridized carbons (Fsp3) is 0.350. The van der Waals surface area contributed by atoms with E-state index in [1.165, 1.54) is 25.3 Å². The molecule has 0 spiro atoms. The van der Waals surface area contributed by atoms with Gasteiger partial charge in [0.15, 0.2) is 5.78 Å². The number of hydrogen-bond acceptors (Lipinski definition) is 5. The van der Waals surface area contributed by atoms with E-state index >= 15 is 0 Å². The molecule has 1 heterocycles. The highest BCUT2D eigenvalue weighted by Crippen LogP contribution is 2.40. The zero-order chi connectivity index (χ0) is 37.7. The summed E-state index contributed by atoms with van der Waals surface area (Å²) in [7, 11) is 0. The molecular formula is C40H39F7N2O3. The lowest BCUT2D eigenvalue weighted by atomic mass is 9.77. The molecule has 2 unspecified atom stereocenters. The minimum atomic E-state index is -5.12. The van der Waals surface area contributed by atoms with Crippen LogP contribution in [0.3, 0.4) is 0 Å². The Labute approximate surface area is 297 Å². The van der Waals surface area contributed by atoms with E-state index in [1.807, 2.05) is 6.07 Å². The summed E-state index contributed by atoms with van der Waals surface area (Å²) in [5, 5.41) is 12.4. The molecular weight excluding hydrogens is 689 g/mol. The third-order valence-corrected chi connectivity index (χ3v) is 9.55. The van der Waals surface area contributed by atoms with Crippen LogP contribution in [0.5, 0.6) is 0 Å². The maximum atomic E-state index is 14.2. The Bertz CT molecular complexity index is 1880. The molecule has 276 valence electrons. The number of ketones is 1. The number of aliphatic hydroxyl groups excluding tert-OH is 1. The van der Waals surface area contributed by atoms with Crippen LogP contribution in [-0.2, 0) is 33.9 Å². The molecule has 5 nitrogen and oxygen atoms in total. The van der Waals surface area contributed by atoms with Gasteiger partial charge in [0.2, 0.25) is 0 Å². The maximum Gasteiger partial charge on any atom is 0.416 e. The van der Waals surface area contributed by atoms with Crippen molar-refractivity contribution < 1.29 is 45.4 Å². The highest BCUT2D eigenvalue weighted by molar-refractivity contribution is 5.94. The number of aromatic nitrogens is 1. The molecule has 0 saturated heterocycles. The Morgan fingerprint density at radius 1 is 0.923 bits per heavy atom. The third-order valence-electron chi connectivity index (χ3n) is 9.55. The molecule has 52 heavy (non-hydrogen) atoms. The predicted molar refractivity (Wildman–Crippen MR) is 185 cm³/mol. The molecule has 2 atom stereocenters. The lowest BCUT2D eigenvalue weighted by molar-refractivity contribution is -0.143. The van der Waals surface area contributed by atoms with Crippen LogP contribution >= 0.6 is 0 Å². The number of ether oxygens (including phenoxy) is 1. The topological polar surface area (TPSA) is 71.5 Å². The lowest BCUT2D eigenvalue weighted by Crippen LogP contribution is -2.41. The number of Topliss-reactive ketones (excluding diaryl/α,β-unsaturated/α-hetero) is 1. The summed E-state index contributed by atoms with van der Waals surface area (Å²) in [5.41, 5.74) is -1.03. The summed E-state index contributed by atoms with van der Waals surface area (Å²) in [6.07, 6.45) is -3.59. The quantitative estimate of drug-likeness (QED) is 0.134. The van der Waals surface area contributed by atoms with Crippen molar-refractivity contribution in [2.24, 2.45) is 5.92 Å². The van der Waals surface area contributed by atoms with Crippen LogP contribution in [0.25, 0.3) is 16.7 Å². The van der Waals surface area contributed by atoms with Crippen LogP contribution in [0.1, 0.15) is 66.1 Å². The van der Waals surface area contributed by atoms with Crippen molar-refractivity contribution in [2.45, 2.75) is 63.9 Å². The number of anilines is 1. The molecule has 0 amide bonds. The zero-order valence-corrected chi connectivity index (χ0v) is 28.7. The summed E-state index contributed by atoms with van der Waals surface area (Å²) in [4.78, 5) is 18.8. The van der Waals surface area contributed by atoms with E-state index in [1.54, 1.807) is 43.3 Å². The standard InChI is InChI=1S/C40H39F7N2O3/c1-25-16-32(41)12-13-33(25)34-20-35(28-10-8-26(9-11-28)14-15-50)48-21-36(34)49-22-37(51)38(2,24-52-23-27-6-4-3-5-7-27)29-17-30(39(42,43)44)19-31(18-29)40(45,46)47/h3-7,10,12-13,16-21,26,49-50H,8-9,11,14-15,22-24H2,1-2H3. The second kappa shape index (κ2) is 16.0. The minimum absolute atomic E-state index is 0.0243. The largest absolute Gasteiger partial charge is 0.416 e. The van der Waals surface area contributed by atoms with Gasteiger partial charge in [-0.2, -0.15) is 26.3 Å². The molecule has 0 fully saturated rings. The highest BCUT2D eigenvalue weighted by atomic mass is 19.4. The summed E-state index contributed by atoms with van der Waals surface area (Å²) in [5.74, 6) is -0.825. The molecule has 12 heteroatoms. The van der Waals surface area contributed by atoms with E-state index in [0.29, 0.717) is 58.1 Å². The first-order valence-corrected chi connectivity index (χ1v) is 16.8. The van der Waals surface area contributed by atoms with Crippen LogP contribution in [0.15, 0.2) is 85.1 Å². The number of nitrogens with one attached hydrogen (secondary N) is 1. The van der Waals surface area contributed by atoms with Gasteiger partial charge in [-0.15, -0.1) is 0 Å². The van der Waals surface area contributed by atoms with Gasteiger partial charge in [-0.05, 0) is 110 Å². The number of alkyl halides is 6. The summed E-state index contributed by atoms with van der Waals surface area (Å²) < 4.78 is 103. The van der Waals surface area contributed by atoms with Crippen molar-refractivity contribution in [3.05, 3.63) is 124 Å². The number of rotatable bonds is 13. The Morgan fingerprint density at radius 3 is 2.19 bits per heavy atom. The van der Waals surface area contributed by atoms with E-state index in [0.717, 1.165) is 24.8 Å². The van der Waals surface area contributed by atoms with Crippen molar-refractivity contribution in [1.29, 1.82) is 0 Å². The minimum Gasteiger partial charge on any atom is -0.396 e. The van der Waals surface area contributed by atoms with Crippen molar-refractivity contribution in [2.75, 3.05) is 25.1 Å². The lowest BCUT2D eigenvalue weighted by Gasteiger charge is -2.30. The van der Waals surface area contributed by atoms with Gasteiger partial charge >= 0.3 is 12.4 Å². The van der Waals surface area contributed by atoms with E-state index < -0.39 is 59.2 Å². The van der Waals surface area contributed by atoms with Gasteiger partial charge < -0.3 is 15.2 Å². The Morgan fingerprint density at radius 2 is 1.60 bits per heavy atom. The highest BCUT2D eigenvalue weighted by Gasteiger charge is 2.42. The second-order valence-corrected chi connectivity index (χ2v) is 13.3. The third kappa shape index (κ3) is 9.27. The number of pyridine rings is 1. The summed E-state index contributed by atoms with van der Waals surface area (Å²) in [6, 6.07) is 15.9. The van der Waals surface area contributed by atoms with E-state index in [-0.39, 0.29) is 19.3 Å². The maximum absolute atomic E-state index is 14.2. The molecule has 4 aromatic rings. The first kappa shape index (κ1) is 38.7. The number of benzene rings is 3. The van der Waals surface area contributed by atoms with E-state index in [2.05, 4.69) is 16.4 Å². The van der Waals surface area contributed by atoms with Crippen molar-refractivity contribution in [3.8, 4) is 11.1 Å². The number of halogens is 7. The molecule has 5 rings (SSSR count). The molecule has 0 aliphatic heterocycles. The van der Waals surface area contributed by atoms with E-state index in [4.69, 9.17) is 4.74 Å². The predicted octanol–water partition coefficient (Wildman–Crippen LogP) is 9.96. The van der Waals surface area contributed by atoms with Gasteiger partial charge in [-0.1, -0.05) is 42.5 Å². The average Bonchev–Trinajstić information content (AvgIpc) is 3.10. The number of carbonyl (C=O) groups excluding carboxylic acids is 1.